The normalized spacial score (nSPS) is 14.7. The van der Waals surface area contributed by atoms with Gasteiger partial charge in [-0.3, -0.25) is 10.1 Å². The van der Waals surface area contributed by atoms with Gasteiger partial charge in [0, 0.05) is 17.2 Å². The first-order chi connectivity index (χ1) is 13.0. The molecule has 3 rings (SSSR count). The number of carbonyl (C=O) groups is 1. The number of aromatic hydroxyl groups is 1. The zero-order chi connectivity index (χ0) is 19.6. The van der Waals surface area contributed by atoms with E-state index in [-0.39, 0.29) is 16.8 Å². The maximum Gasteiger partial charge on any atom is 0.368 e. The summed E-state index contributed by atoms with van der Waals surface area (Å²) < 4.78 is 10.4. The number of methoxy groups -OCH3 is 2. The molecule has 0 unspecified atom stereocenters. The molecule has 0 atom stereocenters. The number of ether oxygens (including phenoxy) is 2. The number of phenols is 1. The SMILES string of the molecule is COc1ccc(C2=NOC(=O)/C2=C\c2cccc([N+](=O)[O-])c2O)cc1OC. The molecule has 0 radical (unpaired) electrons. The van der Waals surface area contributed by atoms with Gasteiger partial charge in [-0.25, -0.2) is 4.79 Å². The van der Waals surface area contributed by atoms with E-state index in [1.807, 2.05) is 0 Å². The van der Waals surface area contributed by atoms with E-state index in [0.717, 1.165) is 6.07 Å². The molecule has 9 heteroatoms. The molecule has 0 saturated carbocycles. The van der Waals surface area contributed by atoms with Gasteiger partial charge in [0.05, 0.1) is 24.7 Å². The molecule has 0 aliphatic carbocycles. The number of hydrogen-bond donors (Lipinski definition) is 1. The fraction of sp³-hybridized carbons (Fsp3) is 0.111. The van der Waals surface area contributed by atoms with Gasteiger partial charge < -0.3 is 19.4 Å². The van der Waals surface area contributed by atoms with Crippen molar-refractivity contribution in [3.8, 4) is 17.2 Å². The minimum absolute atomic E-state index is 0.0398. The van der Waals surface area contributed by atoms with Crippen LogP contribution in [0.1, 0.15) is 11.1 Å². The number of oxime groups is 1. The molecular formula is C18H14N2O7. The molecule has 0 saturated heterocycles. The fourth-order valence-corrected chi connectivity index (χ4v) is 2.57. The largest absolute Gasteiger partial charge is 0.502 e. The molecule has 1 heterocycles. The molecule has 2 aromatic rings. The first-order valence-electron chi connectivity index (χ1n) is 7.66. The zero-order valence-electron chi connectivity index (χ0n) is 14.3. The molecule has 1 aliphatic rings. The number of para-hydroxylation sites is 1. The van der Waals surface area contributed by atoms with E-state index in [1.54, 1.807) is 18.2 Å². The second kappa shape index (κ2) is 7.16. The van der Waals surface area contributed by atoms with E-state index in [9.17, 15) is 20.0 Å². The van der Waals surface area contributed by atoms with Crippen molar-refractivity contribution in [3.63, 3.8) is 0 Å². The zero-order valence-corrected chi connectivity index (χ0v) is 14.3. The van der Waals surface area contributed by atoms with Crippen LogP contribution >= 0.6 is 0 Å². The second-order valence-corrected chi connectivity index (χ2v) is 5.42. The Morgan fingerprint density at radius 2 is 1.93 bits per heavy atom. The van der Waals surface area contributed by atoms with Crippen molar-refractivity contribution >= 4 is 23.4 Å². The summed E-state index contributed by atoms with van der Waals surface area (Å²) in [5.41, 5.74) is 0.367. The maximum absolute atomic E-state index is 12.1. The lowest BCUT2D eigenvalue weighted by molar-refractivity contribution is -0.385. The topological polar surface area (TPSA) is 120 Å². The first-order valence-corrected chi connectivity index (χ1v) is 7.66. The Hall–Kier alpha value is -3.88. The van der Waals surface area contributed by atoms with Crippen LogP contribution in [0.25, 0.3) is 6.08 Å². The van der Waals surface area contributed by atoms with Crippen molar-refractivity contribution < 1.29 is 29.1 Å². The molecule has 0 spiro atoms. The summed E-state index contributed by atoms with van der Waals surface area (Å²) in [5.74, 6) is -0.379. The van der Waals surface area contributed by atoms with E-state index in [2.05, 4.69) is 5.16 Å². The molecule has 0 aromatic heterocycles. The van der Waals surface area contributed by atoms with E-state index in [4.69, 9.17) is 14.3 Å². The first kappa shape index (κ1) is 17.9. The van der Waals surface area contributed by atoms with Gasteiger partial charge in [0.25, 0.3) is 0 Å². The number of carbonyl (C=O) groups excluding carboxylic acids is 1. The van der Waals surface area contributed by atoms with E-state index in [1.165, 1.54) is 32.4 Å². The Morgan fingerprint density at radius 1 is 1.19 bits per heavy atom. The Kier molecular flexibility index (Phi) is 4.75. The van der Waals surface area contributed by atoms with Crippen LogP contribution in [0.15, 0.2) is 47.1 Å². The van der Waals surface area contributed by atoms with Gasteiger partial charge in [-0.05, 0) is 24.3 Å². The van der Waals surface area contributed by atoms with Crippen LogP contribution in [0.3, 0.4) is 0 Å². The molecule has 9 nitrogen and oxygen atoms in total. The van der Waals surface area contributed by atoms with Crippen molar-refractivity contribution in [1.82, 2.24) is 0 Å². The quantitative estimate of drug-likeness (QED) is 0.372. The summed E-state index contributed by atoms with van der Waals surface area (Å²) in [4.78, 5) is 27.1. The van der Waals surface area contributed by atoms with Crippen molar-refractivity contribution in [2.45, 2.75) is 0 Å². The number of hydrogen-bond acceptors (Lipinski definition) is 8. The number of nitro benzene ring substituents is 1. The maximum atomic E-state index is 12.1. The van der Waals surface area contributed by atoms with Crippen LogP contribution in [0.2, 0.25) is 0 Å². The van der Waals surface area contributed by atoms with E-state index in [0.29, 0.717) is 17.1 Å². The number of phenolic OH excluding ortho intramolecular Hbond substituents is 1. The average molecular weight is 370 g/mol. The highest BCUT2D eigenvalue weighted by atomic mass is 16.7. The molecule has 27 heavy (non-hydrogen) atoms. The highest BCUT2D eigenvalue weighted by molar-refractivity contribution is 6.31. The highest BCUT2D eigenvalue weighted by Crippen LogP contribution is 2.33. The standard InChI is InChI=1S/C18H14N2O7/c1-25-14-7-6-10(9-15(14)26-2)16-12(18(22)27-19-16)8-11-4-3-5-13(17(11)21)20(23)24/h3-9,21H,1-2H3/b12-8-. The molecule has 0 amide bonds. The summed E-state index contributed by atoms with van der Waals surface area (Å²) in [6.07, 6.45) is 1.28. The van der Waals surface area contributed by atoms with E-state index < -0.39 is 22.3 Å². The Morgan fingerprint density at radius 3 is 2.59 bits per heavy atom. The molecule has 0 fully saturated rings. The summed E-state index contributed by atoms with van der Waals surface area (Å²) in [5, 5.41) is 24.8. The van der Waals surface area contributed by atoms with Crippen LogP contribution in [0.4, 0.5) is 5.69 Å². The Balaban J connectivity index is 2.07. The lowest BCUT2D eigenvalue weighted by atomic mass is 9.99. The third-order valence-electron chi connectivity index (χ3n) is 3.89. The lowest BCUT2D eigenvalue weighted by Gasteiger charge is -2.09. The summed E-state index contributed by atoms with van der Waals surface area (Å²) in [6.45, 7) is 0. The van der Waals surface area contributed by atoms with Gasteiger partial charge >= 0.3 is 11.7 Å². The molecule has 1 N–H and O–H groups in total. The Bertz CT molecular complexity index is 995. The van der Waals surface area contributed by atoms with Crippen molar-refractivity contribution in [2.75, 3.05) is 14.2 Å². The van der Waals surface area contributed by atoms with E-state index >= 15 is 0 Å². The molecule has 1 aliphatic heterocycles. The molecule has 2 aromatic carbocycles. The molecule has 0 bridgehead atoms. The third-order valence-corrected chi connectivity index (χ3v) is 3.89. The van der Waals surface area contributed by atoms with Crippen molar-refractivity contribution in [3.05, 3.63) is 63.2 Å². The van der Waals surface area contributed by atoms with Crippen molar-refractivity contribution in [1.29, 1.82) is 0 Å². The van der Waals surface area contributed by atoms with Crippen LogP contribution in [-0.4, -0.2) is 35.9 Å². The van der Waals surface area contributed by atoms with Crippen molar-refractivity contribution in [2.24, 2.45) is 5.16 Å². The van der Waals surface area contributed by atoms with Crippen LogP contribution in [-0.2, 0) is 9.63 Å². The van der Waals surface area contributed by atoms with Crippen LogP contribution in [0.5, 0.6) is 17.2 Å². The predicted molar refractivity (Wildman–Crippen MR) is 94.9 cm³/mol. The lowest BCUT2D eigenvalue weighted by Crippen LogP contribution is -2.07. The number of nitro groups is 1. The fourth-order valence-electron chi connectivity index (χ4n) is 2.57. The van der Waals surface area contributed by atoms with Gasteiger partial charge in [0.2, 0.25) is 5.75 Å². The number of benzene rings is 2. The second-order valence-electron chi connectivity index (χ2n) is 5.42. The predicted octanol–water partition coefficient (Wildman–Crippen LogP) is 2.66. The number of nitrogens with zero attached hydrogens (tertiary/aromatic N) is 2. The minimum atomic E-state index is -0.745. The van der Waals surface area contributed by atoms with Gasteiger partial charge in [-0.2, -0.15) is 0 Å². The summed E-state index contributed by atoms with van der Waals surface area (Å²) in [7, 11) is 2.96. The highest BCUT2D eigenvalue weighted by Gasteiger charge is 2.28. The molecule has 138 valence electrons. The monoisotopic (exact) mass is 370 g/mol. The smallest absolute Gasteiger partial charge is 0.368 e. The molecular weight excluding hydrogens is 356 g/mol. The Labute approximate surface area is 153 Å². The number of rotatable bonds is 5. The van der Waals surface area contributed by atoms with Crippen LogP contribution in [0, 0.1) is 10.1 Å². The van der Waals surface area contributed by atoms with Crippen LogP contribution < -0.4 is 9.47 Å². The van der Waals surface area contributed by atoms with Gasteiger partial charge in [0.15, 0.2) is 11.5 Å². The minimum Gasteiger partial charge on any atom is -0.502 e. The summed E-state index contributed by atoms with van der Waals surface area (Å²) in [6, 6.07) is 8.91. The average Bonchev–Trinajstić information content (AvgIpc) is 3.03. The third kappa shape index (κ3) is 3.30. The van der Waals surface area contributed by atoms with Gasteiger partial charge in [0.1, 0.15) is 5.71 Å². The summed E-state index contributed by atoms with van der Waals surface area (Å²) >= 11 is 0. The van der Waals surface area contributed by atoms with Gasteiger partial charge in [-0.1, -0.05) is 17.3 Å². The van der Waals surface area contributed by atoms with Gasteiger partial charge in [-0.15, -0.1) is 0 Å².